The molecular formula is C41H60N4O10. The molecule has 2 aliphatic rings. The highest BCUT2D eigenvalue weighted by molar-refractivity contribution is 5.93. The Balaban J connectivity index is 2.09. The number of hydrogen-bond acceptors (Lipinski definition) is 11. The van der Waals surface area contributed by atoms with Crippen LogP contribution in [0.1, 0.15) is 92.1 Å². The summed E-state index contributed by atoms with van der Waals surface area (Å²) in [5.74, 6) is -4.27. The lowest BCUT2D eigenvalue weighted by Gasteiger charge is -2.36. The van der Waals surface area contributed by atoms with Crippen LogP contribution in [0.5, 0.6) is 5.75 Å². The molecule has 3 amide bonds. The van der Waals surface area contributed by atoms with Crippen LogP contribution in [0.15, 0.2) is 47.7 Å². The highest BCUT2D eigenvalue weighted by Crippen LogP contribution is 2.26. The van der Waals surface area contributed by atoms with Crippen LogP contribution in [-0.4, -0.2) is 95.0 Å². The molecule has 2 bridgehead atoms. The van der Waals surface area contributed by atoms with Gasteiger partial charge in [0.1, 0.15) is 41.7 Å². The number of Topliss-reactive ketones (excluding diaryl/α,β-unsaturated/α-hetero) is 1. The first kappa shape index (κ1) is 45.0. The minimum atomic E-state index is -1.38. The smallest absolute Gasteiger partial charge is 0.330 e. The van der Waals surface area contributed by atoms with Gasteiger partial charge in [0.05, 0.1) is 25.2 Å². The number of nitrogens with one attached hydrogen (secondary N) is 3. The van der Waals surface area contributed by atoms with Crippen LogP contribution >= 0.6 is 0 Å². The molecule has 2 heterocycles. The molecule has 0 aromatic heterocycles. The van der Waals surface area contributed by atoms with Crippen LogP contribution in [0.25, 0.3) is 0 Å². The molecule has 0 radical (unpaired) electrons. The van der Waals surface area contributed by atoms with E-state index in [9.17, 15) is 39.0 Å². The standard InChI is InChI=1S/C41H60N4O10/c1-24(2)36-39(51)42-33(23-29-12-9-13-30(22-29)54-7)40(52)45-19-10-14-32(44-45)41(53)55-35(26(4)18-20-46)21-25(3)11-8-15-34(48)28(6)37(49)31(38(50)43-36)17-16-27(5)47/h8-9,12-13,15,20,22,24-25,28,31-34,36-37,44,48-49H,10-11,14,16-19,21,23H2,1-7H3,(H,42,51)(H,43,50)/b15-8?,35-26-. The number of aliphatic hydroxyl groups excluding tert-OH is 2. The number of ketones is 1. The van der Waals surface area contributed by atoms with Gasteiger partial charge < -0.3 is 39.9 Å². The van der Waals surface area contributed by atoms with E-state index < -0.39 is 71.8 Å². The van der Waals surface area contributed by atoms with Crippen molar-refractivity contribution >= 4 is 35.8 Å². The number of amides is 3. The predicted octanol–water partition coefficient (Wildman–Crippen LogP) is 3.09. The second-order valence-corrected chi connectivity index (χ2v) is 15.3. The number of fused-ring (bicyclic) bond motifs is 2. The summed E-state index contributed by atoms with van der Waals surface area (Å²) in [6, 6.07) is 3.86. The number of hydrogen-bond donors (Lipinski definition) is 5. The number of cyclic esters (lactones) is 1. The van der Waals surface area contributed by atoms with E-state index in [1.807, 2.05) is 6.92 Å². The van der Waals surface area contributed by atoms with Crippen molar-refractivity contribution in [3.63, 3.8) is 0 Å². The van der Waals surface area contributed by atoms with E-state index in [0.717, 1.165) is 6.29 Å². The molecule has 1 aromatic carbocycles. The van der Waals surface area contributed by atoms with E-state index >= 15 is 0 Å². The molecule has 8 atom stereocenters. The summed E-state index contributed by atoms with van der Waals surface area (Å²) in [5.41, 5.74) is 4.28. The molecule has 1 fully saturated rings. The summed E-state index contributed by atoms with van der Waals surface area (Å²) in [6.45, 7) is 10.3. The fourth-order valence-electron chi connectivity index (χ4n) is 6.74. The third-order valence-electron chi connectivity index (χ3n) is 10.3. The molecule has 5 N–H and O–H groups in total. The van der Waals surface area contributed by atoms with Crippen LogP contribution in [-0.2, 0) is 39.9 Å². The molecule has 0 saturated carbocycles. The molecule has 1 aromatic rings. The maximum absolute atomic E-state index is 14.3. The number of ether oxygens (including phenoxy) is 2. The van der Waals surface area contributed by atoms with Gasteiger partial charge in [-0.05, 0) is 74.6 Å². The van der Waals surface area contributed by atoms with Gasteiger partial charge in [-0.15, -0.1) is 0 Å². The molecule has 14 heteroatoms. The largest absolute Gasteiger partial charge is 0.497 e. The van der Waals surface area contributed by atoms with E-state index in [-0.39, 0.29) is 43.9 Å². The van der Waals surface area contributed by atoms with E-state index in [1.54, 1.807) is 58.0 Å². The number of aliphatic hydroxyl groups is 2. The number of nitrogens with zero attached hydrogens (tertiary/aromatic N) is 1. The third kappa shape index (κ3) is 13.4. The Labute approximate surface area is 324 Å². The van der Waals surface area contributed by atoms with Crippen LogP contribution in [0, 0.1) is 23.7 Å². The Bertz CT molecular complexity index is 1580. The molecule has 8 unspecified atom stereocenters. The van der Waals surface area contributed by atoms with E-state index in [1.165, 1.54) is 25.1 Å². The van der Waals surface area contributed by atoms with Crippen molar-refractivity contribution < 1.29 is 48.5 Å². The van der Waals surface area contributed by atoms with Gasteiger partial charge in [0.2, 0.25) is 11.8 Å². The van der Waals surface area contributed by atoms with E-state index in [0.29, 0.717) is 48.3 Å². The number of hydrazine groups is 1. The van der Waals surface area contributed by atoms with Gasteiger partial charge in [0.15, 0.2) is 0 Å². The minimum Gasteiger partial charge on any atom is -0.497 e. The van der Waals surface area contributed by atoms with Crippen molar-refractivity contribution in [2.75, 3.05) is 13.7 Å². The molecule has 1 saturated heterocycles. The number of rotatable bonds is 9. The zero-order chi connectivity index (χ0) is 40.8. The predicted molar refractivity (Wildman–Crippen MR) is 205 cm³/mol. The summed E-state index contributed by atoms with van der Waals surface area (Å²) in [4.78, 5) is 79.4. The number of allylic oxidation sites excluding steroid dienone is 3. The minimum absolute atomic E-state index is 0.00521. The average molecular weight is 769 g/mol. The molecule has 0 spiro atoms. The van der Waals surface area contributed by atoms with Gasteiger partial charge in [-0.3, -0.25) is 19.4 Å². The first-order chi connectivity index (χ1) is 26.1. The maximum Gasteiger partial charge on any atom is 0.330 e. The second kappa shape index (κ2) is 21.6. The van der Waals surface area contributed by atoms with Crippen molar-refractivity contribution in [3.05, 3.63) is 53.3 Å². The van der Waals surface area contributed by atoms with Crippen molar-refractivity contribution in [3.8, 4) is 5.75 Å². The molecule has 14 nitrogen and oxygen atoms in total. The van der Waals surface area contributed by atoms with Gasteiger partial charge in [0, 0.05) is 38.1 Å². The van der Waals surface area contributed by atoms with Crippen molar-refractivity contribution in [1.29, 1.82) is 0 Å². The number of esters is 1. The van der Waals surface area contributed by atoms with Crippen LogP contribution in [0.3, 0.4) is 0 Å². The first-order valence-corrected chi connectivity index (χ1v) is 19.2. The lowest BCUT2D eigenvalue weighted by molar-refractivity contribution is -0.150. The quantitative estimate of drug-likeness (QED) is 0.141. The highest BCUT2D eigenvalue weighted by Gasteiger charge is 2.38. The fraction of sp³-hybridized carbons (Fsp3) is 0.610. The Morgan fingerprint density at radius 3 is 2.47 bits per heavy atom. The monoisotopic (exact) mass is 768 g/mol. The normalized spacial score (nSPS) is 28.9. The number of carbonyl (C=O) groups excluding carboxylic acids is 6. The van der Waals surface area contributed by atoms with Gasteiger partial charge in [-0.2, -0.15) is 0 Å². The van der Waals surface area contributed by atoms with E-state index in [2.05, 4.69) is 16.1 Å². The summed E-state index contributed by atoms with van der Waals surface area (Å²) in [5, 5.41) is 29.5. The molecule has 55 heavy (non-hydrogen) atoms. The molecular weight excluding hydrogens is 708 g/mol. The molecule has 3 rings (SSSR count). The zero-order valence-corrected chi connectivity index (χ0v) is 33.2. The Hall–Kier alpha value is -4.40. The number of aldehydes is 1. The van der Waals surface area contributed by atoms with E-state index in [4.69, 9.17) is 9.47 Å². The van der Waals surface area contributed by atoms with Crippen LogP contribution in [0.4, 0.5) is 0 Å². The Morgan fingerprint density at radius 1 is 1.09 bits per heavy atom. The molecule has 0 aliphatic carbocycles. The number of carbonyl (C=O) groups is 6. The van der Waals surface area contributed by atoms with Gasteiger partial charge >= 0.3 is 5.97 Å². The van der Waals surface area contributed by atoms with Crippen molar-refractivity contribution in [1.82, 2.24) is 21.1 Å². The Morgan fingerprint density at radius 2 is 1.82 bits per heavy atom. The summed E-state index contributed by atoms with van der Waals surface area (Å²) in [6.07, 6.45) is 3.15. The molecule has 2 aliphatic heterocycles. The fourth-order valence-corrected chi connectivity index (χ4v) is 6.74. The highest BCUT2D eigenvalue weighted by atomic mass is 16.5. The first-order valence-electron chi connectivity index (χ1n) is 19.2. The second-order valence-electron chi connectivity index (χ2n) is 15.3. The van der Waals surface area contributed by atoms with Gasteiger partial charge in [0.25, 0.3) is 5.91 Å². The lowest BCUT2D eigenvalue weighted by atomic mass is 9.84. The topological polar surface area (TPSA) is 201 Å². The zero-order valence-electron chi connectivity index (χ0n) is 33.2. The number of benzene rings is 1. The van der Waals surface area contributed by atoms with Crippen molar-refractivity contribution in [2.24, 2.45) is 23.7 Å². The van der Waals surface area contributed by atoms with Crippen LogP contribution in [0.2, 0.25) is 0 Å². The lowest BCUT2D eigenvalue weighted by Crippen LogP contribution is -2.62. The summed E-state index contributed by atoms with van der Waals surface area (Å²) >= 11 is 0. The SMILES string of the molecule is COc1cccc(CC2NC(=O)C(C(C)C)NC(=O)C(CCC(C)=O)C(O)C(C)C(O)C=CCC(C)C/C(=C(\C)CC=O)OC(=O)C3CCCN(N3)C2=O)c1. The maximum atomic E-state index is 14.3. The third-order valence-corrected chi connectivity index (χ3v) is 10.3. The summed E-state index contributed by atoms with van der Waals surface area (Å²) < 4.78 is 11.3. The summed E-state index contributed by atoms with van der Waals surface area (Å²) in [7, 11) is 1.52. The average Bonchev–Trinajstić information content (AvgIpc) is 3.15. The van der Waals surface area contributed by atoms with Gasteiger partial charge in [-0.1, -0.05) is 52.0 Å². The van der Waals surface area contributed by atoms with Crippen LogP contribution < -0.4 is 20.8 Å². The molecule has 304 valence electrons. The Kier molecular flexibility index (Phi) is 17.7. The van der Waals surface area contributed by atoms with Crippen molar-refractivity contribution in [2.45, 2.75) is 123 Å². The number of methoxy groups -OCH3 is 1. The van der Waals surface area contributed by atoms with Gasteiger partial charge in [-0.25, -0.2) is 10.2 Å².